The molecular formula is C32H26F4N4O4. The number of carbonyl (C=O) groups is 2. The van der Waals surface area contributed by atoms with Crippen LogP contribution in [0.1, 0.15) is 38.9 Å². The molecule has 2 aromatic heterocycles. The first-order chi connectivity index (χ1) is 21.2. The molecule has 5 aromatic rings. The minimum atomic E-state index is -1.13. The Morgan fingerprint density at radius 3 is 2.34 bits per heavy atom. The van der Waals surface area contributed by atoms with Gasteiger partial charge >= 0.3 is 6.09 Å². The Bertz CT molecular complexity index is 1790. The molecule has 3 aromatic carbocycles. The maximum Gasteiger partial charge on any atom is 0.408 e. The van der Waals surface area contributed by atoms with Crippen molar-refractivity contribution in [1.82, 2.24) is 20.0 Å². The molecule has 0 aliphatic rings. The van der Waals surface area contributed by atoms with Crippen LogP contribution in [0.15, 0.2) is 85.1 Å². The quantitative estimate of drug-likeness (QED) is 0.185. The van der Waals surface area contributed by atoms with Crippen molar-refractivity contribution >= 4 is 17.6 Å². The summed E-state index contributed by atoms with van der Waals surface area (Å²) in [5.41, 5.74) is 1.34. The largest absolute Gasteiger partial charge is 0.485 e. The average Bonchev–Trinajstić information content (AvgIpc) is 3.36. The molecule has 0 radical (unpaired) electrons. The molecule has 0 saturated carbocycles. The number of nitrogens with zero attached hydrogens (tertiary/aromatic N) is 2. The Labute approximate surface area is 249 Å². The lowest BCUT2D eigenvalue weighted by Gasteiger charge is -2.20. The molecule has 1 unspecified atom stereocenters. The molecule has 2 heterocycles. The van der Waals surface area contributed by atoms with E-state index in [1.165, 1.54) is 16.5 Å². The number of halogens is 4. The standard InChI is InChI=1S/C32H26F4N4O4/c1-19-29(40-14-6-11-28(30(40)38-19)43-18-22-23(33)9-5-10-24(22)34)31(41)37-16-27(21-12-13-25(35)26(36)15-21)39-32(42)44-17-20-7-3-2-4-8-20/h2-15,27H,16-18H2,1H3,(H,37,41)(H,39,42). The van der Waals surface area contributed by atoms with Crippen molar-refractivity contribution < 1.29 is 36.6 Å². The monoisotopic (exact) mass is 606 g/mol. The van der Waals surface area contributed by atoms with E-state index in [0.717, 1.165) is 29.8 Å². The van der Waals surface area contributed by atoms with Crippen LogP contribution in [0.2, 0.25) is 0 Å². The number of imidazole rings is 1. The van der Waals surface area contributed by atoms with Crippen LogP contribution in [-0.2, 0) is 18.0 Å². The van der Waals surface area contributed by atoms with Gasteiger partial charge < -0.3 is 20.1 Å². The third-order valence-corrected chi connectivity index (χ3v) is 6.75. The minimum Gasteiger partial charge on any atom is -0.485 e. The zero-order valence-electron chi connectivity index (χ0n) is 23.3. The van der Waals surface area contributed by atoms with E-state index < -0.39 is 47.9 Å². The molecule has 0 fully saturated rings. The third-order valence-electron chi connectivity index (χ3n) is 6.75. The highest BCUT2D eigenvalue weighted by Gasteiger charge is 2.23. The summed E-state index contributed by atoms with van der Waals surface area (Å²) in [7, 11) is 0. The lowest BCUT2D eigenvalue weighted by atomic mass is 10.1. The SMILES string of the molecule is Cc1nc2c(OCc3c(F)cccc3F)cccn2c1C(=O)NCC(NC(=O)OCc1ccccc1)c1ccc(F)c(F)c1. The summed E-state index contributed by atoms with van der Waals surface area (Å²) in [6.07, 6.45) is 0.726. The third kappa shape index (κ3) is 6.80. The van der Waals surface area contributed by atoms with E-state index in [-0.39, 0.29) is 41.4 Å². The van der Waals surface area contributed by atoms with Crippen molar-refractivity contribution in [2.24, 2.45) is 0 Å². The molecule has 8 nitrogen and oxygen atoms in total. The summed E-state index contributed by atoms with van der Waals surface area (Å²) in [5, 5.41) is 5.28. The molecular weight excluding hydrogens is 580 g/mol. The van der Waals surface area contributed by atoms with Crippen molar-refractivity contribution in [3.05, 3.63) is 136 Å². The van der Waals surface area contributed by atoms with Crippen LogP contribution in [0.5, 0.6) is 5.75 Å². The second-order valence-corrected chi connectivity index (χ2v) is 9.74. The predicted octanol–water partition coefficient (Wildman–Crippen LogP) is 6.18. The van der Waals surface area contributed by atoms with Crippen molar-refractivity contribution in [1.29, 1.82) is 0 Å². The number of ether oxygens (including phenoxy) is 2. The van der Waals surface area contributed by atoms with E-state index in [9.17, 15) is 27.2 Å². The highest BCUT2D eigenvalue weighted by molar-refractivity contribution is 5.95. The highest BCUT2D eigenvalue weighted by Crippen LogP contribution is 2.24. The second-order valence-electron chi connectivity index (χ2n) is 9.74. The number of aromatic nitrogens is 2. The molecule has 2 N–H and O–H groups in total. The molecule has 0 aliphatic carbocycles. The van der Waals surface area contributed by atoms with Gasteiger partial charge in [-0.1, -0.05) is 42.5 Å². The number of carbonyl (C=O) groups excluding carboxylic acids is 2. The maximum absolute atomic E-state index is 14.1. The maximum atomic E-state index is 14.1. The van der Waals surface area contributed by atoms with Gasteiger partial charge in [-0.15, -0.1) is 0 Å². The number of hydrogen-bond donors (Lipinski definition) is 2. The molecule has 226 valence electrons. The number of alkyl carbamates (subject to hydrolysis) is 1. The van der Waals surface area contributed by atoms with Gasteiger partial charge in [0.2, 0.25) is 0 Å². The zero-order chi connectivity index (χ0) is 31.2. The fourth-order valence-corrected chi connectivity index (χ4v) is 4.53. The summed E-state index contributed by atoms with van der Waals surface area (Å²) >= 11 is 0. The van der Waals surface area contributed by atoms with Crippen molar-refractivity contribution in [2.75, 3.05) is 6.54 Å². The van der Waals surface area contributed by atoms with Crippen LogP contribution < -0.4 is 15.4 Å². The summed E-state index contributed by atoms with van der Waals surface area (Å²) in [6.45, 7) is 0.931. The van der Waals surface area contributed by atoms with Crippen LogP contribution in [0.25, 0.3) is 5.65 Å². The molecule has 0 bridgehead atoms. The Morgan fingerprint density at radius 2 is 1.61 bits per heavy atom. The number of hydrogen-bond acceptors (Lipinski definition) is 5. The number of nitrogens with one attached hydrogen (secondary N) is 2. The molecule has 1 atom stereocenters. The van der Waals surface area contributed by atoms with Crippen LogP contribution >= 0.6 is 0 Å². The van der Waals surface area contributed by atoms with Crippen LogP contribution in [0.4, 0.5) is 22.4 Å². The number of fused-ring (bicyclic) bond motifs is 1. The van der Waals surface area contributed by atoms with E-state index in [1.807, 2.05) is 6.07 Å². The number of pyridine rings is 1. The van der Waals surface area contributed by atoms with Gasteiger partial charge in [0.05, 0.1) is 17.3 Å². The fraction of sp³-hybridized carbons (Fsp3) is 0.156. The number of aryl methyl sites for hydroxylation is 1. The van der Waals surface area contributed by atoms with Gasteiger partial charge in [0, 0.05) is 12.7 Å². The summed E-state index contributed by atoms with van der Waals surface area (Å²) in [6, 6.07) is 17.7. The minimum absolute atomic E-state index is 0.0293. The van der Waals surface area contributed by atoms with Crippen molar-refractivity contribution in [3.63, 3.8) is 0 Å². The Morgan fingerprint density at radius 1 is 0.864 bits per heavy atom. The number of rotatable bonds is 10. The van der Waals surface area contributed by atoms with E-state index in [4.69, 9.17) is 9.47 Å². The zero-order valence-corrected chi connectivity index (χ0v) is 23.3. The van der Waals surface area contributed by atoms with E-state index in [1.54, 1.807) is 49.5 Å². The van der Waals surface area contributed by atoms with E-state index in [2.05, 4.69) is 15.6 Å². The Balaban J connectivity index is 1.32. The predicted molar refractivity (Wildman–Crippen MR) is 152 cm³/mol. The molecule has 12 heteroatoms. The van der Waals surface area contributed by atoms with Gasteiger partial charge in [-0.3, -0.25) is 9.20 Å². The van der Waals surface area contributed by atoms with Crippen LogP contribution in [-0.4, -0.2) is 27.9 Å². The van der Waals surface area contributed by atoms with Gasteiger partial charge in [-0.25, -0.2) is 27.3 Å². The Kier molecular flexibility index (Phi) is 9.08. The van der Waals surface area contributed by atoms with Gasteiger partial charge in [-0.05, 0) is 54.4 Å². The smallest absolute Gasteiger partial charge is 0.408 e. The molecule has 5 rings (SSSR count). The normalized spacial score (nSPS) is 11.7. The second kappa shape index (κ2) is 13.3. The lowest BCUT2D eigenvalue weighted by molar-refractivity contribution is 0.0938. The van der Waals surface area contributed by atoms with Gasteiger partial charge in [0.15, 0.2) is 23.0 Å². The number of amides is 2. The highest BCUT2D eigenvalue weighted by atomic mass is 19.2. The first-order valence-electron chi connectivity index (χ1n) is 13.4. The summed E-state index contributed by atoms with van der Waals surface area (Å²) in [5.74, 6) is -4.13. The molecule has 0 aliphatic heterocycles. The molecule has 44 heavy (non-hydrogen) atoms. The van der Waals surface area contributed by atoms with Gasteiger partial charge in [0.1, 0.15) is 30.5 Å². The molecule has 0 saturated heterocycles. The number of benzene rings is 3. The van der Waals surface area contributed by atoms with Crippen LogP contribution in [0, 0.1) is 30.2 Å². The summed E-state index contributed by atoms with van der Waals surface area (Å²) < 4.78 is 68.3. The van der Waals surface area contributed by atoms with E-state index >= 15 is 0 Å². The Hall–Kier alpha value is -5.39. The van der Waals surface area contributed by atoms with Gasteiger partial charge in [0.25, 0.3) is 5.91 Å². The van der Waals surface area contributed by atoms with Gasteiger partial charge in [-0.2, -0.15) is 0 Å². The average molecular weight is 607 g/mol. The fourth-order valence-electron chi connectivity index (χ4n) is 4.53. The first-order valence-corrected chi connectivity index (χ1v) is 13.4. The molecule has 2 amide bonds. The topological polar surface area (TPSA) is 94.0 Å². The first kappa shape index (κ1) is 30.1. The molecule has 0 spiro atoms. The van der Waals surface area contributed by atoms with Crippen molar-refractivity contribution in [3.8, 4) is 5.75 Å². The summed E-state index contributed by atoms with van der Waals surface area (Å²) in [4.78, 5) is 30.4. The van der Waals surface area contributed by atoms with E-state index in [0.29, 0.717) is 5.69 Å². The lowest BCUT2D eigenvalue weighted by Crippen LogP contribution is -2.38. The van der Waals surface area contributed by atoms with Crippen LogP contribution in [0.3, 0.4) is 0 Å². The van der Waals surface area contributed by atoms with Crippen molar-refractivity contribution in [2.45, 2.75) is 26.2 Å².